The van der Waals surface area contributed by atoms with Crippen molar-refractivity contribution >= 4 is 33.1 Å². The van der Waals surface area contributed by atoms with Crippen molar-refractivity contribution in [3.05, 3.63) is 81.2 Å². The van der Waals surface area contributed by atoms with Crippen LogP contribution in [0.1, 0.15) is 50.3 Å². The second kappa shape index (κ2) is 8.22. The molecule has 2 aromatic heterocycles. The molecule has 0 fully saturated rings. The first-order valence-electron chi connectivity index (χ1n) is 10.9. The van der Waals surface area contributed by atoms with E-state index in [1.807, 2.05) is 43.3 Å². The van der Waals surface area contributed by atoms with Crippen LogP contribution in [0.4, 0.5) is 5.00 Å². The first-order chi connectivity index (χ1) is 15.6. The summed E-state index contributed by atoms with van der Waals surface area (Å²) in [5.41, 5.74) is 6.95. The number of pyridine rings is 1. The van der Waals surface area contributed by atoms with Gasteiger partial charge in [0.05, 0.1) is 22.3 Å². The molecule has 4 nitrogen and oxygen atoms in total. The van der Waals surface area contributed by atoms with E-state index in [9.17, 15) is 10.1 Å². The Morgan fingerprint density at radius 2 is 1.81 bits per heavy atom. The van der Waals surface area contributed by atoms with E-state index in [2.05, 4.69) is 30.4 Å². The van der Waals surface area contributed by atoms with Crippen LogP contribution in [0.5, 0.6) is 0 Å². The van der Waals surface area contributed by atoms with E-state index in [0.29, 0.717) is 16.1 Å². The van der Waals surface area contributed by atoms with Crippen molar-refractivity contribution in [2.24, 2.45) is 0 Å². The third-order valence-corrected chi connectivity index (χ3v) is 7.41. The summed E-state index contributed by atoms with van der Waals surface area (Å²) in [6, 6.07) is 18.3. The molecule has 0 aliphatic heterocycles. The van der Waals surface area contributed by atoms with Gasteiger partial charge >= 0.3 is 0 Å². The third-order valence-electron chi connectivity index (χ3n) is 6.20. The summed E-state index contributed by atoms with van der Waals surface area (Å²) < 4.78 is 0. The van der Waals surface area contributed by atoms with E-state index in [0.717, 1.165) is 59.0 Å². The maximum absolute atomic E-state index is 13.6. The highest BCUT2D eigenvalue weighted by Gasteiger charge is 2.24. The summed E-state index contributed by atoms with van der Waals surface area (Å²) >= 11 is 1.55. The number of nitriles is 1. The number of hydrogen-bond donors (Lipinski definition) is 1. The maximum atomic E-state index is 13.6. The highest BCUT2D eigenvalue weighted by Crippen LogP contribution is 2.38. The summed E-state index contributed by atoms with van der Waals surface area (Å²) in [6.07, 6.45) is 4.14. The molecule has 0 unspecified atom stereocenters. The average molecular weight is 438 g/mol. The van der Waals surface area contributed by atoms with Crippen molar-refractivity contribution in [2.75, 3.05) is 5.32 Å². The van der Waals surface area contributed by atoms with Crippen LogP contribution >= 0.6 is 11.3 Å². The Balaban J connectivity index is 1.63. The van der Waals surface area contributed by atoms with Gasteiger partial charge in [-0.3, -0.25) is 4.79 Å². The number of nitrogens with one attached hydrogen (secondary N) is 1. The number of anilines is 1. The van der Waals surface area contributed by atoms with Gasteiger partial charge in [-0.05, 0) is 56.7 Å². The van der Waals surface area contributed by atoms with Gasteiger partial charge in [0, 0.05) is 15.8 Å². The van der Waals surface area contributed by atoms with Crippen molar-refractivity contribution < 1.29 is 4.79 Å². The Labute approximate surface area is 191 Å². The van der Waals surface area contributed by atoms with Crippen LogP contribution in [-0.4, -0.2) is 10.9 Å². The lowest BCUT2D eigenvalue weighted by Crippen LogP contribution is -2.15. The van der Waals surface area contributed by atoms with Crippen LogP contribution in [0.2, 0.25) is 0 Å². The lowest BCUT2D eigenvalue weighted by atomic mass is 9.95. The van der Waals surface area contributed by atoms with Crippen LogP contribution in [0, 0.1) is 25.2 Å². The van der Waals surface area contributed by atoms with Crippen LogP contribution in [0.15, 0.2) is 48.5 Å². The zero-order valence-corrected chi connectivity index (χ0v) is 19.0. The zero-order valence-electron chi connectivity index (χ0n) is 18.2. The molecule has 0 saturated carbocycles. The van der Waals surface area contributed by atoms with Crippen molar-refractivity contribution in [1.29, 1.82) is 5.26 Å². The van der Waals surface area contributed by atoms with Gasteiger partial charge in [0.15, 0.2) is 0 Å². The van der Waals surface area contributed by atoms with E-state index >= 15 is 0 Å². The molecule has 4 aromatic rings. The molecule has 0 radical (unpaired) electrons. The smallest absolute Gasteiger partial charge is 0.257 e. The van der Waals surface area contributed by atoms with Gasteiger partial charge in [0.1, 0.15) is 11.1 Å². The van der Waals surface area contributed by atoms with Gasteiger partial charge in [-0.2, -0.15) is 5.26 Å². The first-order valence-corrected chi connectivity index (χ1v) is 11.7. The van der Waals surface area contributed by atoms with Crippen molar-refractivity contribution in [1.82, 2.24) is 4.98 Å². The number of rotatable bonds is 3. The molecular formula is C27H23N3OS. The van der Waals surface area contributed by atoms with Crippen LogP contribution in [0.25, 0.3) is 22.2 Å². The third kappa shape index (κ3) is 3.47. The Hall–Kier alpha value is -3.49. The Morgan fingerprint density at radius 3 is 2.59 bits per heavy atom. The molecule has 1 amide bonds. The van der Waals surface area contributed by atoms with Gasteiger partial charge in [-0.15, -0.1) is 11.3 Å². The number of aromatic nitrogens is 1. The first kappa shape index (κ1) is 20.4. The van der Waals surface area contributed by atoms with Crippen molar-refractivity contribution in [3.63, 3.8) is 0 Å². The molecule has 1 N–H and O–H groups in total. The predicted octanol–water partition coefficient (Wildman–Crippen LogP) is 6.58. The molecule has 0 bridgehead atoms. The lowest BCUT2D eigenvalue weighted by Gasteiger charge is -2.15. The summed E-state index contributed by atoms with van der Waals surface area (Å²) in [6.45, 7) is 4.00. The molecule has 0 atom stereocenters. The minimum absolute atomic E-state index is 0.190. The minimum atomic E-state index is -0.190. The second-order valence-corrected chi connectivity index (χ2v) is 9.43. The fraction of sp³-hybridized carbons (Fsp3) is 0.222. The van der Waals surface area contributed by atoms with E-state index in [1.165, 1.54) is 10.4 Å². The summed E-state index contributed by atoms with van der Waals surface area (Å²) in [7, 11) is 0. The monoisotopic (exact) mass is 437 g/mol. The molecule has 1 aliphatic rings. The van der Waals surface area contributed by atoms with Gasteiger partial charge in [-0.25, -0.2) is 4.98 Å². The summed E-state index contributed by atoms with van der Waals surface area (Å²) in [5.74, 6) is -0.190. The van der Waals surface area contributed by atoms with Crippen molar-refractivity contribution in [2.45, 2.75) is 39.5 Å². The molecule has 2 aromatic carbocycles. The van der Waals surface area contributed by atoms with Crippen LogP contribution in [0.3, 0.4) is 0 Å². The standard InChI is InChI=1S/C27H23N3OS/c1-16-11-13-18(14-12-16)25-17(2)24(20-8-3-5-9-22(20)29-25)26(31)30-27-21(15-28)19-7-4-6-10-23(19)32-27/h3,5,8-9,11-14H,4,6-7,10H2,1-2H3,(H,30,31). The number of thiophene rings is 1. The SMILES string of the molecule is Cc1ccc(-c2nc3ccccc3c(C(=O)Nc3sc4c(c3C#N)CCCC4)c2C)cc1. The quantitative estimate of drug-likeness (QED) is 0.393. The second-order valence-electron chi connectivity index (χ2n) is 8.32. The number of aryl methyl sites for hydroxylation is 2. The predicted molar refractivity (Wildman–Crippen MR) is 130 cm³/mol. The molecule has 5 rings (SSSR count). The Kier molecular flexibility index (Phi) is 5.24. The van der Waals surface area contributed by atoms with Crippen LogP contribution in [-0.2, 0) is 12.8 Å². The van der Waals surface area contributed by atoms with E-state index in [-0.39, 0.29) is 5.91 Å². The number of carbonyl (C=O) groups excluding carboxylic acids is 1. The lowest BCUT2D eigenvalue weighted by molar-refractivity contribution is 0.102. The molecule has 0 spiro atoms. The topological polar surface area (TPSA) is 65.8 Å². The number of amides is 1. The molecule has 158 valence electrons. The fourth-order valence-electron chi connectivity index (χ4n) is 4.53. The normalized spacial score (nSPS) is 12.9. The molecule has 1 aliphatic carbocycles. The Bertz CT molecular complexity index is 1390. The number of hydrogen-bond acceptors (Lipinski definition) is 4. The van der Waals surface area contributed by atoms with Crippen LogP contribution < -0.4 is 5.32 Å². The summed E-state index contributed by atoms with van der Waals surface area (Å²) in [4.78, 5) is 19.7. The van der Waals surface area contributed by atoms with Gasteiger partial charge in [0.25, 0.3) is 5.91 Å². The Morgan fingerprint density at radius 1 is 1.06 bits per heavy atom. The number of carbonyl (C=O) groups is 1. The van der Waals surface area contributed by atoms with Gasteiger partial charge < -0.3 is 5.32 Å². The number of benzene rings is 2. The molecular weight excluding hydrogens is 414 g/mol. The fourth-order valence-corrected chi connectivity index (χ4v) is 5.76. The van der Waals surface area contributed by atoms with E-state index in [1.54, 1.807) is 11.3 Å². The number of fused-ring (bicyclic) bond motifs is 2. The molecule has 32 heavy (non-hydrogen) atoms. The zero-order chi connectivity index (χ0) is 22.2. The average Bonchev–Trinajstić information content (AvgIpc) is 3.16. The number of para-hydroxylation sites is 1. The molecule has 5 heteroatoms. The highest BCUT2D eigenvalue weighted by molar-refractivity contribution is 7.16. The molecule has 2 heterocycles. The minimum Gasteiger partial charge on any atom is -0.312 e. The summed E-state index contributed by atoms with van der Waals surface area (Å²) in [5, 5.41) is 14.4. The van der Waals surface area contributed by atoms with Crippen molar-refractivity contribution in [3.8, 4) is 17.3 Å². The highest BCUT2D eigenvalue weighted by atomic mass is 32.1. The van der Waals surface area contributed by atoms with E-state index in [4.69, 9.17) is 4.98 Å². The largest absolute Gasteiger partial charge is 0.312 e. The maximum Gasteiger partial charge on any atom is 0.257 e. The molecule has 0 saturated heterocycles. The van der Waals surface area contributed by atoms with E-state index < -0.39 is 0 Å². The van der Waals surface area contributed by atoms with Gasteiger partial charge in [-0.1, -0.05) is 48.0 Å². The van der Waals surface area contributed by atoms with Gasteiger partial charge in [0.2, 0.25) is 0 Å². The number of nitrogens with zero attached hydrogens (tertiary/aromatic N) is 2.